The highest BCUT2D eigenvalue weighted by Gasteiger charge is 2.11. The standard InChI is InChI=1S/C16H13BrN2O/c1-11-2-8-14(9-3-11)19-10-15(20)16(18-19)12-4-6-13(17)7-5-12/h2-10,20H,1H3. The molecule has 0 fully saturated rings. The van der Waals surface area contributed by atoms with Gasteiger partial charge in [0.2, 0.25) is 0 Å². The van der Waals surface area contributed by atoms with Gasteiger partial charge in [-0.3, -0.25) is 0 Å². The van der Waals surface area contributed by atoms with Gasteiger partial charge in [0.1, 0.15) is 5.69 Å². The van der Waals surface area contributed by atoms with Gasteiger partial charge in [-0.15, -0.1) is 0 Å². The Morgan fingerprint density at radius 1 is 1.00 bits per heavy atom. The highest BCUT2D eigenvalue weighted by atomic mass is 79.9. The third-order valence-electron chi connectivity index (χ3n) is 3.11. The molecule has 1 N–H and O–H groups in total. The molecule has 3 rings (SSSR count). The molecule has 0 aliphatic carbocycles. The Kier molecular flexibility index (Phi) is 3.32. The maximum Gasteiger partial charge on any atom is 0.162 e. The topological polar surface area (TPSA) is 38.0 Å². The van der Waals surface area contributed by atoms with E-state index in [0.717, 1.165) is 15.7 Å². The van der Waals surface area contributed by atoms with Gasteiger partial charge in [-0.25, -0.2) is 4.68 Å². The molecule has 0 atom stereocenters. The normalized spacial score (nSPS) is 10.7. The van der Waals surface area contributed by atoms with Crippen molar-refractivity contribution >= 4 is 15.9 Å². The SMILES string of the molecule is Cc1ccc(-n2cc(O)c(-c3ccc(Br)cc3)n2)cc1. The monoisotopic (exact) mass is 328 g/mol. The molecule has 0 aliphatic rings. The molecule has 0 aliphatic heterocycles. The smallest absolute Gasteiger partial charge is 0.162 e. The Morgan fingerprint density at radius 2 is 1.65 bits per heavy atom. The summed E-state index contributed by atoms with van der Waals surface area (Å²) in [7, 11) is 0. The zero-order valence-electron chi connectivity index (χ0n) is 10.9. The highest BCUT2D eigenvalue weighted by Crippen LogP contribution is 2.29. The first-order chi connectivity index (χ1) is 9.63. The van der Waals surface area contributed by atoms with Crippen LogP contribution in [0.2, 0.25) is 0 Å². The van der Waals surface area contributed by atoms with Crippen LogP contribution in [0, 0.1) is 6.92 Å². The summed E-state index contributed by atoms with van der Waals surface area (Å²) < 4.78 is 2.69. The van der Waals surface area contributed by atoms with Gasteiger partial charge in [0.15, 0.2) is 5.75 Å². The molecule has 1 aromatic heterocycles. The van der Waals surface area contributed by atoms with Crippen molar-refractivity contribution in [3.63, 3.8) is 0 Å². The van der Waals surface area contributed by atoms with Gasteiger partial charge in [0.25, 0.3) is 0 Å². The summed E-state index contributed by atoms with van der Waals surface area (Å²) in [4.78, 5) is 0. The van der Waals surface area contributed by atoms with E-state index < -0.39 is 0 Å². The number of halogens is 1. The second kappa shape index (κ2) is 5.13. The Hall–Kier alpha value is -2.07. The minimum absolute atomic E-state index is 0.174. The van der Waals surface area contributed by atoms with Crippen LogP contribution in [0.4, 0.5) is 0 Å². The largest absolute Gasteiger partial charge is 0.504 e. The molecule has 100 valence electrons. The second-order valence-corrected chi connectivity index (χ2v) is 5.57. The lowest BCUT2D eigenvalue weighted by Gasteiger charge is -2.01. The summed E-state index contributed by atoms with van der Waals surface area (Å²) in [5, 5.41) is 14.5. The number of nitrogens with zero attached hydrogens (tertiary/aromatic N) is 2. The zero-order chi connectivity index (χ0) is 14.1. The van der Waals surface area contributed by atoms with Crippen molar-refractivity contribution in [3.8, 4) is 22.7 Å². The summed E-state index contributed by atoms with van der Waals surface area (Å²) in [6.07, 6.45) is 1.63. The minimum atomic E-state index is 0.174. The van der Waals surface area contributed by atoms with Gasteiger partial charge >= 0.3 is 0 Å². The molecule has 3 nitrogen and oxygen atoms in total. The van der Waals surface area contributed by atoms with Crippen LogP contribution in [0.3, 0.4) is 0 Å². The van der Waals surface area contributed by atoms with E-state index in [-0.39, 0.29) is 5.75 Å². The fourth-order valence-corrected chi connectivity index (χ4v) is 2.27. The van der Waals surface area contributed by atoms with E-state index in [0.29, 0.717) is 5.69 Å². The molecule has 3 aromatic rings. The van der Waals surface area contributed by atoms with Crippen molar-refractivity contribution in [2.24, 2.45) is 0 Å². The summed E-state index contributed by atoms with van der Waals surface area (Å²) >= 11 is 3.40. The van der Waals surface area contributed by atoms with Crippen LogP contribution in [0.5, 0.6) is 5.75 Å². The zero-order valence-corrected chi connectivity index (χ0v) is 12.5. The van der Waals surface area contributed by atoms with Crippen molar-refractivity contribution in [1.82, 2.24) is 9.78 Å². The second-order valence-electron chi connectivity index (χ2n) is 4.65. The van der Waals surface area contributed by atoms with Crippen molar-refractivity contribution in [2.75, 3.05) is 0 Å². The number of hydrogen-bond donors (Lipinski definition) is 1. The molecule has 0 unspecified atom stereocenters. The van der Waals surface area contributed by atoms with Crippen molar-refractivity contribution < 1.29 is 5.11 Å². The van der Waals surface area contributed by atoms with Crippen molar-refractivity contribution in [3.05, 3.63) is 64.8 Å². The number of hydrogen-bond acceptors (Lipinski definition) is 2. The lowest BCUT2D eigenvalue weighted by molar-refractivity contribution is 0.477. The Balaban J connectivity index is 2.02. The predicted octanol–water partition coefficient (Wildman–Crippen LogP) is 4.32. The molecule has 0 saturated heterocycles. The first kappa shape index (κ1) is 12.9. The quantitative estimate of drug-likeness (QED) is 0.760. The van der Waals surface area contributed by atoms with Crippen molar-refractivity contribution in [2.45, 2.75) is 6.92 Å². The van der Waals surface area contributed by atoms with Crippen LogP contribution >= 0.6 is 15.9 Å². The third-order valence-corrected chi connectivity index (χ3v) is 3.64. The molecule has 1 heterocycles. The first-order valence-electron chi connectivity index (χ1n) is 6.25. The lowest BCUT2D eigenvalue weighted by atomic mass is 10.1. The number of aromatic hydroxyl groups is 1. The van der Waals surface area contributed by atoms with Gasteiger partial charge in [-0.05, 0) is 31.2 Å². The van der Waals surface area contributed by atoms with E-state index in [4.69, 9.17) is 0 Å². The van der Waals surface area contributed by atoms with E-state index in [1.165, 1.54) is 5.56 Å². The van der Waals surface area contributed by atoms with Crippen LogP contribution in [0.1, 0.15) is 5.56 Å². The first-order valence-corrected chi connectivity index (χ1v) is 7.04. The third kappa shape index (κ3) is 2.47. The minimum Gasteiger partial charge on any atom is -0.504 e. The van der Waals surface area contributed by atoms with E-state index in [9.17, 15) is 5.11 Å². The Morgan fingerprint density at radius 3 is 2.30 bits per heavy atom. The summed E-state index contributed by atoms with van der Waals surface area (Å²) in [5.41, 5.74) is 3.59. The maximum atomic E-state index is 10.1. The fraction of sp³-hybridized carbons (Fsp3) is 0.0625. The van der Waals surface area contributed by atoms with Crippen LogP contribution in [0.15, 0.2) is 59.2 Å². The molecule has 0 radical (unpaired) electrons. The summed E-state index contributed by atoms with van der Waals surface area (Å²) in [5.74, 6) is 0.174. The molecule has 0 saturated carbocycles. The van der Waals surface area contributed by atoms with E-state index in [1.54, 1.807) is 10.9 Å². The molecule has 0 amide bonds. The number of aromatic nitrogens is 2. The maximum absolute atomic E-state index is 10.1. The number of benzene rings is 2. The summed E-state index contributed by atoms with van der Waals surface area (Å²) in [6.45, 7) is 2.04. The van der Waals surface area contributed by atoms with Crippen molar-refractivity contribution in [1.29, 1.82) is 0 Å². The van der Waals surface area contributed by atoms with Gasteiger partial charge in [0, 0.05) is 10.0 Å². The lowest BCUT2D eigenvalue weighted by Crippen LogP contribution is -1.94. The predicted molar refractivity (Wildman–Crippen MR) is 83.1 cm³/mol. The van der Waals surface area contributed by atoms with Crippen LogP contribution < -0.4 is 0 Å². The molecule has 20 heavy (non-hydrogen) atoms. The molecule has 4 heteroatoms. The van der Waals surface area contributed by atoms with Gasteiger partial charge < -0.3 is 5.11 Å². The fourth-order valence-electron chi connectivity index (χ4n) is 2.01. The van der Waals surface area contributed by atoms with Crippen LogP contribution in [0.25, 0.3) is 16.9 Å². The van der Waals surface area contributed by atoms with E-state index >= 15 is 0 Å². The highest BCUT2D eigenvalue weighted by molar-refractivity contribution is 9.10. The van der Waals surface area contributed by atoms with Crippen LogP contribution in [-0.2, 0) is 0 Å². The van der Waals surface area contributed by atoms with Gasteiger partial charge in [-0.2, -0.15) is 5.10 Å². The molecular weight excluding hydrogens is 316 g/mol. The van der Waals surface area contributed by atoms with E-state index in [1.807, 2.05) is 55.5 Å². The number of aryl methyl sites for hydroxylation is 1. The molecule has 0 bridgehead atoms. The van der Waals surface area contributed by atoms with Crippen LogP contribution in [-0.4, -0.2) is 14.9 Å². The Labute approximate surface area is 125 Å². The van der Waals surface area contributed by atoms with Gasteiger partial charge in [-0.1, -0.05) is 45.8 Å². The molecular formula is C16H13BrN2O. The van der Waals surface area contributed by atoms with Gasteiger partial charge in [0.05, 0.1) is 11.9 Å². The average Bonchev–Trinajstić information content (AvgIpc) is 2.82. The molecule has 0 spiro atoms. The summed E-state index contributed by atoms with van der Waals surface area (Å²) in [6, 6.07) is 15.7. The number of rotatable bonds is 2. The van der Waals surface area contributed by atoms with E-state index in [2.05, 4.69) is 21.0 Å². The average molecular weight is 329 g/mol. The molecule has 2 aromatic carbocycles. The Bertz CT molecular complexity index is 730.